The minimum Gasteiger partial charge on any atom is -0.496 e. The lowest BCUT2D eigenvalue weighted by molar-refractivity contribution is -0.116. The van der Waals surface area contributed by atoms with Crippen LogP contribution in [0.5, 0.6) is 5.75 Å². The fourth-order valence-corrected chi connectivity index (χ4v) is 2.54. The quantitative estimate of drug-likeness (QED) is 0.653. The maximum Gasteiger partial charge on any atom is 0.341 e. The van der Waals surface area contributed by atoms with Gasteiger partial charge in [0, 0.05) is 17.5 Å². The van der Waals surface area contributed by atoms with Gasteiger partial charge in [-0.3, -0.25) is 4.79 Å². The van der Waals surface area contributed by atoms with Crippen molar-refractivity contribution in [3.63, 3.8) is 0 Å². The van der Waals surface area contributed by atoms with Crippen LogP contribution in [0, 0.1) is 0 Å². The Morgan fingerprint density at radius 2 is 2.09 bits per heavy atom. The molecule has 2 aromatic rings. The summed E-state index contributed by atoms with van der Waals surface area (Å²) in [4.78, 5) is 24.5. The normalized spacial score (nSPS) is 10.5. The van der Waals surface area contributed by atoms with Crippen LogP contribution >= 0.6 is 11.3 Å². The van der Waals surface area contributed by atoms with E-state index >= 15 is 0 Å². The van der Waals surface area contributed by atoms with Crippen molar-refractivity contribution in [1.29, 1.82) is 0 Å². The summed E-state index contributed by atoms with van der Waals surface area (Å²) in [7, 11) is 2.80. The highest BCUT2D eigenvalue weighted by molar-refractivity contribution is 7.10. The van der Waals surface area contributed by atoms with E-state index in [4.69, 9.17) is 9.47 Å². The summed E-state index contributed by atoms with van der Waals surface area (Å²) >= 11 is 1.56. The van der Waals surface area contributed by atoms with Gasteiger partial charge in [0.05, 0.1) is 14.2 Å². The summed E-state index contributed by atoms with van der Waals surface area (Å²) in [5, 5.41) is 4.72. The summed E-state index contributed by atoms with van der Waals surface area (Å²) in [6.45, 7) is 0.307. The SMILES string of the molecule is COC(=O)c1cc(CNC(=O)C=Cc2cccs2)ccc1OC. The van der Waals surface area contributed by atoms with Gasteiger partial charge in [-0.2, -0.15) is 0 Å². The number of amides is 1. The number of benzene rings is 1. The molecule has 0 unspecified atom stereocenters. The maximum atomic E-state index is 11.8. The van der Waals surface area contributed by atoms with Gasteiger partial charge in [0.1, 0.15) is 11.3 Å². The van der Waals surface area contributed by atoms with Crippen LogP contribution in [0.3, 0.4) is 0 Å². The molecule has 0 bridgehead atoms. The van der Waals surface area contributed by atoms with Gasteiger partial charge in [0.2, 0.25) is 5.91 Å². The van der Waals surface area contributed by atoms with Crippen LogP contribution in [0.2, 0.25) is 0 Å². The third kappa shape index (κ3) is 4.69. The Morgan fingerprint density at radius 3 is 2.74 bits per heavy atom. The first-order chi connectivity index (χ1) is 11.1. The zero-order valence-electron chi connectivity index (χ0n) is 12.9. The molecule has 0 radical (unpaired) electrons. The molecule has 0 saturated heterocycles. The molecule has 6 heteroatoms. The van der Waals surface area contributed by atoms with Gasteiger partial charge in [-0.15, -0.1) is 11.3 Å². The van der Waals surface area contributed by atoms with Crippen LogP contribution in [-0.2, 0) is 16.1 Å². The largest absolute Gasteiger partial charge is 0.496 e. The number of carbonyl (C=O) groups is 2. The summed E-state index contributed by atoms with van der Waals surface area (Å²) in [6.07, 6.45) is 3.24. The molecule has 1 heterocycles. The fraction of sp³-hybridized carbons (Fsp3) is 0.176. The molecule has 0 atom stereocenters. The number of methoxy groups -OCH3 is 2. The molecule has 0 spiro atoms. The zero-order valence-corrected chi connectivity index (χ0v) is 13.7. The first kappa shape index (κ1) is 16.8. The number of carbonyl (C=O) groups excluding carboxylic acids is 2. The summed E-state index contributed by atoms with van der Waals surface area (Å²) in [5.74, 6) is -0.244. The lowest BCUT2D eigenvalue weighted by Crippen LogP contribution is -2.20. The Morgan fingerprint density at radius 1 is 1.26 bits per heavy atom. The Kier molecular flexibility index (Phi) is 5.94. The molecule has 0 aliphatic rings. The van der Waals surface area contributed by atoms with Crippen molar-refractivity contribution >= 4 is 29.3 Å². The van der Waals surface area contributed by atoms with E-state index in [2.05, 4.69) is 5.32 Å². The Bertz CT molecular complexity index is 707. The fourth-order valence-electron chi connectivity index (χ4n) is 1.93. The number of hydrogen-bond acceptors (Lipinski definition) is 5. The molecule has 1 N–H and O–H groups in total. The molecular weight excluding hydrogens is 314 g/mol. The molecule has 5 nitrogen and oxygen atoms in total. The number of ether oxygens (including phenoxy) is 2. The molecule has 1 amide bonds. The highest BCUT2D eigenvalue weighted by Gasteiger charge is 2.13. The smallest absolute Gasteiger partial charge is 0.341 e. The van der Waals surface area contributed by atoms with Crippen LogP contribution in [0.4, 0.5) is 0 Å². The summed E-state index contributed by atoms with van der Waals surface area (Å²) in [6, 6.07) is 8.96. The van der Waals surface area contributed by atoms with E-state index in [0.29, 0.717) is 17.9 Å². The van der Waals surface area contributed by atoms with E-state index < -0.39 is 5.97 Å². The van der Waals surface area contributed by atoms with Crippen LogP contribution in [-0.4, -0.2) is 26.1 Å². The second-order valence-electron chi connectivity index (χ2n) is 4.59. The van der Waals surface area contributed by atoms with Crippen molar-refractivity contribution in [1.82, 2.24) is 5.32 Å². The Balaban J connectivity index is 2.00. The van der Waals surface area contributed by atoms with E-state index in [1.165, 1.54) is 20.3 Å². The van der Waals surface area contributed by atoms with E-state index in [-0.39, 0.29) is 5.91 Å². The van der Waals surface area contributed by atoms with E-state index in [9.17, 15) is 9.59 Å². The standard InChI is InChI=1S/C17H17NO4S/c1-21-15-7-5-12(10-14(15)17(20)22-2)11-18-16(19)8-6-13-4-3-9-23-13/h3-10H,11H2,1-2H3,(H,18,19). The molecular formula is C17H17NO4S. The first-order valence-electron chi connectivity index (χ1n) is 6.88. The predicted molar refractivity (Wildman–Crippen MR) is 89.5 cm³/mol. The van der Waals surface area contributed by atoms with E-state index in [0.717, 1.165) is 10.4 Å². The molecule has 0 saturated carbocycles. The van der Waals surface area contributed by atoms with Gasteiger partial charge in [0.25, 0.3) is 0 Å². The molecule has 23 heavy (non-hydrogen) atoms. The predicted octanol–water partition coefficient (Wildman–Crippen LogP) is 2.87. The monoisotopic (exact) mass is 331 g/mol. The van der Waals surface area contributed by atoms with Gasteiger partial charge in [-0.25, -0.2) is 4.79 Å². The van der Waals surface area contributed by atoms with Gasteiger partial charge in [-0.1, -0.05) is 12.1 Å². The Hall–Kier alpha value is -2.60. The Labute approximate surface area is 138 Å². The van der Waals surface area contributed by atoms with Gasteiger partial charge in [-0.05, 0) is 35.2 Å². The van der Waals surface area contributed by atoms with Crippen molar-refractivity contribution < 1.29 is 19.1 Å². The number of esters is 1. The van der Waals surface area contributed by atoms with Gasteiger partial charge >= 0.3 is 5.97 Å². The first-order valence-corrected chi connectivity index (χ1v) is 7.76. The zero-order chi connectivity index (χ0) is 16.7. The topological polar surface area (TPSA) is 64.6 Å². The molecule has 120 valence electrons. The van der Waals surface area contributed by atoms with Crippen LogP contribution < -0.4 is 10.1 Å². The molecule has 0 aliphatic heterocycles. The third-order valence-electron chi connectivity index (χ3n) is 3.08. The molecule has 1 aromatic heterocycles. The molecule has 0 fully saturated rings. The highest BCUT2D eigenvalue weighted by atomic mass is 32.1. The van der Waals surface area contributed by atoms with Crippen LogP contribution in [0.25, 0.3) is 6.08 Å². The lowest BCUT2D eigenvalue weighted by atomic mass is 10.1. The van der Waals surface area contributed by atoms with Crippen molar-refractivity contribution in [2.24, 2.45) is 0 Å². The number of rotatable bonds is 6. The number of thiophene rings is 1. The minimum atomic E-state index is -0.479. The van der Waals surface area contributed by atoms with E-state index in [1.807, 2.05) is 17.5 Å². The average molecular weight is 331 g/mol. The summed E-state index contributed by atoms with van der Waals surface area (Å²) in [5.41, 5.74) is 1.11. The van der Waals surface area contributed by atoms with Crippen molar-refractivity contribution in [2.75, 3.05) is 14.2 Å². The van der Waals surface area contributed by atoms with Gasteiger partial charge < -0.3 is 14.8 Å². The number of hydrogen-bond donors (Lipinski definition) is 1. The second-order valence-corrected chi connectivity index (χ2v) is 5.57. The summed E-state index contributed by atoms with van der Waals surface area (Å²) < 4.78 is 9.85. The van der Waals surface area contributed by atoms with Crippen molar-refractivity contribution in [3.8, 4) is 5.75 Å². The highest BCUT2D eigenvalue weighted by Crippen LogP contribution is 2.20. The maximum absolute atomic E-state index is 11.8. The molecule has 0 aliphatic carbocycles. The van der Waals surface area contributed by atoms with Crippen molar-refractivity contribution in [2.45, 2.75) is 6.54 Å². The molecule has 2 rings (SSSR count). The second kappa shape index (κ2) is 8.14. The van der Waals surface area contributed by atoms with E-state index in [1.54, 1.807) is 35.6 Å². The molecule has 1 aromatic carbocycles. The minimum absolute atomic E-state index is 0.200. The number of nitrogens with one attached hydrogen (secondary N) is 1. The van der Waals surface area contributed by atoms with Crippen LogP contribution in [0.15, 0.2) is 41.8 Å². The average Bonchev–Trinajstić information content (AvgIpc) is 3.10. The van der Waals surface area contributed by atoms with Gasteiger partial charge in [0.15, 0.2) is 0 Å². The lowest BCUT2D eigenvalue weighted by Gasteiger charge is -2.09. The third-order valence-corrected chi connectivity index (χ3v) is 3.92. The van der Waals surface area contributed by atoms with Crippen molar-refractivity contribution in [3.05, 3.63) is 57.8 Å². The van der Waals surface area contributed by atoms with Crippen LogP contribution in [0.1, 0.15) is 20.8 Å².